The molecule has 0 unspecified atom stereocenters. The molecule has 24 heavy (non-hydrogen) atoms. The lowest BCUT2D eigenvalue weighted by atomic mass is 9.74. The summed E-state index contributed by atoms with van der Waals surface area (Å²) in [5.41, 5.74) is 0.0731. The van der Waals surface area contributed by atoms with Gasteiger partial charge in [-0.2, -0.15) is 0 Å². The van der Waals surface area contributed by atoms with Gasteiger partial charge in [0.25, 0.3) is 0 Å². The van der Waals surface area contributed by atoms with Gasteiger partial charge in [-0.05, 0) is 51.3 Å². The molecule has 0 aliphatic heterocycles. The molecule has 0 saturated heterocycles. The lowest BCUT2D eigenvalue weighted by molar-refractivity contribution is -0.150. The number of benzene rings is 1. The minimum Gasteiger partial charge on any atom is -0.493 e. The highest BCUT2D eigenvalue weighted by Crippen LogP contribution is 2.39. The molecule has 0 aromatic heterocycles. The average molecular weight is 332 g/mol. The van der Waals surface area contributed by atoms with E-state index in [0.29, 0.717) is 30.9 Å². The van der Waals surface area contributed by atoms with E-state index in [1.165, 1.54) is 0 Å². The maximum absolute atomic E-state index is 12.9. The van der Waals surface area contributed by atoms with Crippen molar-refractivity contribution in [3.63, 3.8) is 0 Å². The van der Waals surface area contributed by atoms with Crippen molar-refractivity contribution in [2.45, 2.75) is 39.0 Å². The third kappa shape index (κ3) is 4.40. The zero-order valence-electron chi connectivity index (χ0n) is 15.3. The predicted molar refractivity (Wildman–Crippen MR) is 96.7 cm³/mol. The highest BCUT2D eigenvalue weighted by molar-refractivity contribution is 5.84. The quantitative estimate of drug-likeness (QED) is 0.495. The summed E-state index contributed by atoms with van der Waals surface area (Å²) in [5, 5.41) is 0. The summed E-state index contributed by atoms with van der Waals surface area (Å²) in [7, 11) is 3.18. The zero-order chi connectivity index (χ0) is 18.0. The Morgan fingerprint density at radius 3 is 2.08 bits per heavy atom. The van der Waals surface area contributed by atoms with Gasteiger partial charge in [0, 0.05) is 0 Å². The molecule has 0 saturated carbocycles. The first-order chi connectivity index (χ1) is 11.6. The van der Waals surface area contributed by atoms with Crippen LogP contribution < -0.4 is 9.47 Å². The molecule has 0 radical (unpaired) electrons. The molecule has 0 amide bonds. The number of rotatable bonds is 9. The molecule has 4 heteroatoms. The summed E-state index contributed by atoms with van der Waals surface area (Å²) < 4.78 is 16.1. The van der Waals surface area contributed by atoms with E-state index in [0.717, 1.165) is 5.56 Å². The van der Waals surface area contributed by atoms with E-state index >= 15 is 0 Å². The normalized spacial score (nSPS) is 11.9. The Hall–Kier alpha value is -2.23. The minimum absolute atomic E-state index is 0.228. The van der Waals surface area contributed by atoms with E-state index in [4.69, 9.17) is 14.2 Å². The van der Waals surface area contributed by atoms with Crippen molar-refractivity contribution in [3.05, 3.63) is 48.1 Å². The van der Waals surface area contributed by atoms with Crippen LogP contribution in [0, 0.1) is 0 Å². The van der Waals surface area contributed by atoms with E-state index in [1.807, 2.05) is 63.3 Å². The topological polar surface area (TPSA) is 44.8 Å². The Labute approximate surface area is 145 Å². The van der Waals surface area contributed by atoms with Gasteiger partial charge in [-0.15, -0.1) is 0 Å². The smallest absolute Gasteiger partial charge is 0.317 e. The zero-order valence-corrected chi connectivity index (χ0v) is 15.3. The molecule has 0 aliphatic rings. The van der Waals surface area contributed by atoms with Gasteiger partial charge in [-0.3, -0.25) is 4.79 Å². The second-order valence-corrected chi connectivity index (χ2v) is 5.42. The van der Waals surface area contributed by atoms with Crippen molar-refractivity contribution >= 4 is 5.97 Å². The molecule has 4 nitrogen and oxygen atoms in total. The van der Waals surface area contributed by atoms with E-state index in [1.54, 1.807) is 14.2 Å². The Bertz CT molecular complexity index is 573. The van der Waals surface area contributed by atoms with Gasteiger partial charge >= 0.3 is 5.97 Å². The second kappa shape index (κ2) is 9.81. The molecule has 1 aromatic rings. The Morgan fingerprint density at radius 1 is 1.04 bits per heavy atom. The summed E-state index contributed by atoms with van der Waals surface area (Å²) in [6.07, 6.45) is 9.01. The van der Waals surface area contributed by atoms with Crippen LogP contribution in [0.15, 0.2) is 42.5 Å². The van der Waals surface area contributed by atoms with Crippen molar-refractivity contribution < 1.29 is 19.0 Å². The maximum atomic E-state index is 12.9. The van der Waals surface area contributed by atoms with Crippen LogP contribution >= 0.6 is 0 Å². The van der Waals surface area contributed by atoms with E-state index in [9.17, 15) is 4.79 Å². The Kier molecular flexibility index (Phi) is 8.10. The predicted octanol–water partition coefficient (Wildman–Crippen LogP) is 4.44. The van der Waals surface area contributed by atoms with Crippen molar-refractivity contribution in [2.75, 3.05) is 20.8 Å². The summed E-state index contributed by atoms with van der Waals surface area (Å²) in [5.74, 6) is 1.01. The van der Waals surface area contributed by atoms with Gasteiger partial charge in [-0.25, -0.2) is 0 Å². The first-order valence-electron chi connectivity index (χ1n) is 8.21. The Balaban J connectivity index is 3.50. The van der Waals surface area contributed by atoms with Crippen molar-refractivity contribution in [3.8, 4) is 11.5 Å². The summed E-state index contributed by atoms with van der Waals surface area (Å²) in [6.45, 7) is 6.06. The molecule has 1 aromatic carbocycles. The fourth-order valence-electron chi connectivity index (χ4n) is 2.64. The summed E-state index contributed by atoms with van der Waals surface area (Å²) >= 11 is 0. The largest absolute Gasteiger partial charge is 0.493 e. The standard InChI is InChI=1S/C20H28O4/c1-6-9-13-20(14-10-7-2,19(21)24-8-3)16-11-12-17(22-4)18(15-16)23-5/h6-7,9-12,15H,8,13-14H2,1-5H3/b9-6+,10-7+. The van der Waals surface area contributed by atoms with Crippen LogP contribution in [-0.2, 0) is 14.9 Å². The number of carbonyl (C=O) groups excluding carboxylic acids is 1. The van der Waals surface area contributed by atoms with Crippen LogP contribution in [0.3, 0.4) is 0 Å². The van der Waals surface area contributed by atoms with E-state index in [-0.39, 0.29) is 5.97 Å². The summed E-state index contributed by atoms with van der Waals surface area (Å²) in [4.78, 5) is 12.9. The molecular formula is C20H28O4. The number of hydrogen-bond acceptors (Lipinski definition) is 4. The van der Waals surface area contributed by atoms with Gasteiger partial charge in [0.1, 0.15) is 0 Å². The Morgan fingerprint density at radius 2 is 1.62 bits per heavy atom. The highest BCUT2D eigenvalue weighted by Gasteiger charge is 2.40. The van der Waals surface area contributed by atoms with Crippen molar-refractivity contribution in [1.29, 1.82) is 0 Å². The molecule has 0 bridgehead atoms. The van der Waals surface area contributed by atoms with Gasteiger partial charge in [0.05, 0.1) is 26.2 Å². The van der Waals surface area contributed by atoms with E-state index < -0.39 is 5.41 Å². The molecule has 1 rings (SSSR count). The van der Waals surface area contributed by atoms with Crippen LogP contribution in [0.4, 0.5) is 0 Å². The van der Waals surface area contributed by atoms with Crippen LogP contribution in [0.25, 0.3) is 0 Å². The van der Waals surface area contributed by atoms with E-state index in [2.05, 4.69) is 0 Å². The fraction of sp³-hybridized carbons (Fsp3) is 0.450. The number of methoxy groups -OCH3 is 2. The van der Waals surface area contributed by atoms with Crippen LogP contribution in [-0.4, -0.2) is 26.8 Å². The molecule has 0 N–H and O–H groups in total. The van der Waals surface area contributed by atoms with Crippen molar-refractivity contribution in [2.24, 2.45) is 0 Å². The number of allylic oxidation sites excluding steroid dienone is 4. The number of hydrogen-bond donors (Lipinski definition) is 0. The maximum Gasteiger partial charge on any atom is 0.317 e. The number of ether oxygens (including phenoxy) is 3. The molecular weight excluding hydrogens is 304 g/mol. The van der Waals surface area contributed by atoms with Crippen LogP contribution in [0.1, 0.15) is 39.2 Å². The number of carbonyl (C=O) groups is 1. The first kappa shape index (κ1) is 19.8. The minimum atomic E-state index is -0.783. The van der Waals surface area contributed by atoms with Gasteiger partial charge in [-0.1, -0.05) is 30.4 Å². The molecule has 132 valence electrons. The molecule has 0 aliphatic carbocycles. The van der Waals surface area contributed by atoms with Gasteiger partial charge in [0.2, 0.25) is 0 Å². The summed E-state index contributed by atoms with van der Waals surface area (Å²) in [6, 6.07) is 5.60. The first-order valence-corrected chi connectivity index (χ1v) is 8.21. The lowest BCUT2D eigenvalue weighted by Crippen LogP contribution is -2.37. The average Bonchev–Trinajstić information content (AvgIpc) is 2.61. The highest BCUT2D eigenvalue weighted by atomic mass is 16.5. The third-order valence-electron chi connectivity index (χ3n) is 4.01. The molecule has 0 heterocycles. The molecule has 0 atom stereocenters. The van der Waals surface area contributed by atoms with Gasteiger partial charge in [0.15, 0.2) is 11.5 Å². The van der Waals surface area contributed by atoms with Crippen molar-refractivity contribution in [1.82, 2.24) is 0 Å². The number of esters is 1. The monoisotopic (exact) mass is 332 g/mol. The second-order valence-electron chi connectivity index (χ2n) is 5.42. The SMILES string of the molecule is C/C=C/CC(C/C=C/C)(C(=O)OCC)c1ccc(OC)c(OC)c1. The lowest BCUT2D eigenvalue weighted by Gasteiger charge is -2.30. The van der Waals surface area contributed by atoms with Crippen LogP contribution in [0.2, 0.25) is 0 Å². The molecule has 0 spiro atoms. The molecule has 0 fully saturated rings. The van der Waals surface area contributed by atoms with Crippen LogP contribution in [0.5, 0.6) is 11.5 Å². The van der Waals surface area contributed by atoms with Gasteiger partial charge < -0.3 is 14.2 Å². The fourth-order valence-corrected chi connectivity index (χ4v) is 2.64. The third-order valence-corrected chi connectivity index (χ3v) is 4.01.